The van der Waals surface area contributed by atoms with Crippen LogP contribution in [0.5, 0.6) is 11.5 Å². The Morgan fingerprint density at radius 3 is 2.70 bits per heavy atom. The lowest BCUT2D eigenvalue weighted by Gasteiger charge is -2.33. The third-order valence-corrected chi connectivity index (χ3v) is 5.31. The highest BCUT2D eigenvalue weighted by molar-refractivity contribution is 6.29. The van der Waals surface area contributed by atoms with Gasteiger partial charge in [-0.25, -0.2) is 4.98 Å². The van der Waals surface area contributed by atoms with Crippen molar-refractivity contribution in [1.29, 1.82) is 0 Å². The lowest BCUT2D eigenvalue weighted by atomic mass is 9.95. The number of nitrogens with zero attached hydrogens (tertiary/aromatic N) is 2. The van der Waals surface area contributed by atoms with Crippen LogP contribution in [0.15, 0.2) is 42.5 Å². The fourth-order valence-corrected chi connectivity index (χ4v) is 3.98. The molecule has 5 nitrogen and oxygen atoms in total. The van der Waals surface area contributed by atoms with Crippen molar-refractivity contribution >= 4 is 22.5 Å². The average Bonchev–Trinajstić information content (AvgIpc) is 2.68. The molecule has 3 aromatic rings. The lowest BCUT2D eigenvalue weighted by Crippen LogP contribution is -2.36. The summed E-state index contributed by atoms with van der Waals surface area (Å²) in [5, 5.41) is 1.36. The zero-order valence-corrected chi connectivity index (χ0v) is 16.2. The summed E-state index contributed by atoms with van der Waals surface area (Å²) < 4.78 is 11.2. The van der Waals surface area contributed by atoms with Gasteiger partial charge in [-0.15, -0.1) is 0 Å². The fraction of sp³-hybridized carbons (Fsp3) is 0.286. The topological polar surface area (TPSA) is 60.6 Å². The first-order chi connectivity index (χ1) is 13.1. The molecule has 6 heteroatoms. The first-order valence-electron chi connectivity index (χ1n) is 8.86. The lowest BCUT2D eigenvalue weighted by molar-refractivity contribution is 0.220. The van der Waals surface area contributed by atoms with Crippen molar-refractivity contribution in [3.8, 4) is 11.5 Å². The molecule has 1 aliphatic rings. The molecular formula is C21H22ClN3O2. The van der Waals surface area contributed by atoms with E-state index in [1.807, 2.05) is 18.2 Å². The molecule has 0 fully saturated rings. The molecule has 0 radical (unpaired) electrons. The van der Waals surface area contributed by atoms with Crippen molar-refractivity contribution in [1.82, 2.24) is 9.88 Å². The van der Waals surface area contributed by atoms with Gasteiger partial charge in [-0.2, -0.15) is 0 Å². The van der Waals surface area contributed by atoms with Crippen molar-refractivity contribution < 1.29 is 9.47 Å². The van der Waals surface area contributed by atoms with Gasteiger partial charge in [0.15, 0.2) is 0 Å². The van der Waals surface area contributed by atoms with Crippen LogP contribution in [0.2, 0.25) is 5.15 Å². The molecule has 0 aliphatic carbocycles. The molecule has 0 spiro atoms. The summed E-state index contributed by atoms with van der Waals surface area (Å²) in [5.41, 5.74) is 10.7. The van der Waals surface area contributed by atoms with E-state index in [0.717, 1.165) is 41.1 Å². The van der Waals surface area contributed by atoms with E-state index < -0.39 is 0 Å². The van der Waals surface area contributed by atoms with Gasteiger partial charge in [-0.3, -0.25) is 4.90 Å². The van der Waals surface area contributed by atoms with Crippen molar-refractivity contribution in [2.75, 3.05) is 20.8 Å². The predicted octanol–water partition coefficient (Wildman–Crippen LogP) is 3.92. The highest BCUT2D eigenvalue weighted by Crippen LogP contribution is 2.37. The van der Waals surface area contributed by atoms with Gasteiger partial charge in [-0.05, 0) is 23.3 Å². The van der Waals surface area contributed by atoms with Gasteiger partial charge in [0, 0.05) is 42.7 Å². The Morgan fingerprint density at radius 1 is 1.15 bits per heavy atom. The minimum atomic E-state index is -0.0120. The molecule has 140 valence electrons. The molecule has 0 saturated heterocycles. The Balaban J connectivity index is 1.77. The third-order valence-electron chi connectivity index (χ3n) is 5.10. The normalized spacial score (nSPS) is 17.0. The number of benzene rings is 2. The Labute approximate surface area is 163 Å². The number of methoxy groups -OCH3 is 2. The smallest absolute Gasteiger partial charge is 0.131 e. The Bertz CT molecular complexity index is 993. The molecule has 27 heavy (non-hydrogen) atoms. The maximum atomic E-state index is 6.41. The molecule has 2 N–H and O–H groups in total. The SMILES string of the molecule is COc1cc(OC)c2ccc(Cl)nc2c1CN1Cc2ccccc2C(N)C1. The van der Waals surface area contributed by atoms with E-state index in [2.05, 4.69) is 28.1 Å². The summed E-state index contributed by atoms with van der Waals surface area (Å²) in [7, 11) is 3.30. The summed E-state index contributed by atoms with van der Waals surface area (Å²) in [6.45, 7) is 2.27. The average molecular weight is 384 g/mol. The van der Waals surface area contributed by atoms with E-state index in [0.29, 0.717) is 11.7 Å². The maximum absolute atomic E-state index is 6.41. The molecule has 1 aromatic heterocycles. The van der Waals surface area contributed by atoms with Crippen LogP contribution >= 0.6 is 11.6 Å². The molecule has 0 amide bonds. The second kappa shape index (κ2) is 7.35. The number of fused-ring (bicyclic) bond motifs is 2. The van der Waals surface area contributed by atoms with Gasteiger partial charge in [-0.1, -0.05) is 35.9 Å². The molecule has 2 aromatic carbocycles. The van der Waals surface area contributed by atoms with Gasteiger partial charge in [0.2, 0.25) is 0 Å². The van der Waals surface area contributed by atoms with E-state index in [1.165, 1.54) is 11.1 Å². The van der Waals surface area contributed by atoms with Gasteiger partial charge >= 0.3 is 0 Å². The molecule has 0 saturated carbocycles. The summed E-state index contributed by atoms with van der Waals surface area (Å²) >= 11 is 6.19. The molecule has 1 atom stereocenters. The summed E-state index contributed by atoms with van der Waals surface area (Å²) in [5.74, 6) is 1.46. The quantitative estimate of drug-likeness (QED) is 0.692. The largest absolute Gasteiger partial charge is 0.496 e. The minimum Gasteiger partial charge on any atom is -0.496 e. The van der Waals surface area contributed by atoms with Crippen LogP contribution in [-0.2, 0) is 13.1 Å². The number of aromatic nitrogens is 1. The number of hydrogen-bond donors (Lipinski definition) is 1. The number of pyridine rings is 1. The van der Waals surface area contributed by atoms with Crippen LogP contribution < -0.4 is 15.2 Å². The van der Waals surface area contributed by atoms with E-state index in [1.54, 1.807) is 20.3 Å². The number of hydrogen-bond acceptors (Lipinski definition) is 5. The molecular weight excluding hydrogens is 362 g/mol. The Kier molecular flexibility index (Phi) is 4.91. The maximum Gasteiger partial charge on any atom is 0.131 e. The van der Waals surface area contributed by atoms with Crippen molar-refractivity contribution in [3.05, 3.63) is 64.3 Å². The summed E-state index contributed by atoms with van der Waals surface area (Å²) in [4.78, 5) is 6.89. The summed E-state index contributed by atoms with van der Waals surface area (Å²) in [6.07, 6.45) is 0. The van der Waals surface area contributed by atoms with Crippen LogP contribution in [0.3, 0.4) is 0 Å². The van der Waals surface area contributed by atoms with Crippen LogP contribution in [0.1, 0.15) is 22.7 Å². The monoisotopic (exact) mass is 383 g/mol. The molecule has 0 bridgehead atoms. The molecule has 1 unspecified atom stereocenters. The minimum absolute atomic E-state index is 0.0120. The number of nitrogens with two attached hydrogens (primary N) is 1. The van der Waals surface area contributed by atoms with E-state index in [-0.39, 0.29) is 6.04 Å². The predicted molar refractivity (Wildman–Crippen MR) is 107 cm³/mol. The molecule has 2 heterocycles. The zero-order valence-electron chi connectivity index (χ0n) is 15.4. The number of halogens is 1. The van der Waals surface area contributed by atoms with Gasteiger partial charge in [0.1, 0.15) is 16.7 Å². The van der Waals surface area contributed by atoms with Crippen molar-refractivity contribution in [3.63, 3.8) is 0 Å². The van der Waals surface area contributed by atoms with Gasteiger partial charge in [0.05, 0.1) is 19.7 Å². The zero-order chi connectivity index (χ0) is 19.0. The van der Waals surface area contributed by atoms with Crippen molar-refractivity contribution in [2.45, 2.75) is 19.1 Å². The first kappa shape index (κ1) is 18.0. The van der Waals surface area contributed by atoms with E-state index in [9.17, 15) is 0 Å². The molecule has 1 aliphatic heterocycles. The Morgan fingerprint density at radius 2 is 1.93 bits per heavy atom. The van der Waals surface area contributed by atoms with Crippen LogP contribution in [0.4, 0.5) is 0 Å². The highest BCUT2D eigenvalue weighted by atomic mass is 35.5. The second-order valence-electron chi connectivity index (χ2n) is 6.76. The van der Waals surface area contributed by atoms with Crippen LogP contribution in [-0.4, -0.2) is 30.6 Å². The van der Waals surface area contributed by atoms with Gasteiger partial charge < -0.3 is 15.2 Å². The van der Waals surface area contributed by atoms with Gasteiger partial charge in [0.25, 0.3) is 0 Å². The second-order valence-corrected chi connectivity index (χ2v) is 7.15. The Hall–Kier alpha value is -2.34. The molecule has 4 rings (SSSR count). The fourth-order valence-electron chi connectivity index (χ4n) is 3.83. The standard InChI is InChI=1S/C21H22ClN3O2/c1-26-18-9-19(27-2)16(21-15(18)7-8-20(22)24-21)11-25-10-13-5-3-4-6-14(13)17(23)12-25/h3-9,17H,10-12,23H2,1-2H3. The summed E-state index contributed by atoms with van der Waals surface area (Å²) in [6, 6.07) is 14.0. The highest BCUT2D eigenvalue weighted by Gasteiger charge is 2.25. The number of ether oxygens (including phenoxy) is 2. The van der Waals surface area contributed by atoms with Crippen molar-refractivity contribution in [2.24, 2.45) is 5.73 Å². The number of rotatable bonds is 4. The first-order valence-corrected chi connectivity index (χ1v) is 9.24. The van der Waals surface area contributed by atoms with E-state index in [4.69, 9.17) is 26.8 Å². The van der Waals surface area contributed by atoms with E-state index >= 15 is 0 Å². The third kappa shape index (κ3) is 3.34. The van der Waals surface area contributed by atoms with Crippen LogP contribution in [0, 0.1) is 0 Å². The van der Waals surface area contributed by atoms with Crippen LogP contribution in [0.25, 0.3) is 10.9 Å².